The highest BCUT2D eigenvalue weighted by Crippen LogP contribution is 2.21. The van der Waals surface area contributed by atoms with Crippen LogP contribution in [0.3, 0.4) is 0 Å². The molecule has 9 nitrogen and oxygen atoms in total. The molecule has 1 aromatic carbocycles. The molecule has 2 aromatic rings. The van der Waals surface area contributed by atoms with E-state index >= 15 is 0 Å². The molecule has 1 heterocycles. The third kappa shape index (κ3) is 4.87. The smallest absolute Gasteiger partial charge is 0.328 e. The van der Waals surface area contributed by atoms with Crippen molar-refractivity contribution in [1.82, 2.24) is 10.3 Å². The molecule has 0 fully saturated rings. The molecule has 154 valence electrons. The van der Waals surface area contributed by atoms with Crippen LogP contribution in [0, 0.1) is 11.8 Å². The highest BCUT2D eigenvalue weighted by Gasteiger charge is 2.42. The fraction of sp³-hybridized carbons (Fsp3) is 0.350. The maximum atomic E-state index is 12.7. The second-order valence-corrected chi connectivity index (χ2v) is 6.27. The number of ether oxygens (including phenoxy) is 3. The molecular weight excluding hydrogens is 380 g/mol. The number of hydrogen-bond acceptors (Lipinski definition) is 8. The van der Waals surface area contributed by atoms with Crippen molar-refractivity contribution < 1.29 is 33.4 Å². The minimum absolute atomic E-state index is 0.206. The predicted molar refractivity (Wildman–Crippen MR) is 102 cm³/mol. The Hall–Kier alpha value is -3.49. The fourth-order valence-corrected chi connectivity index (χ4v) is 2.92. The van der Waals surface area contributed by atoms with Crippen LogP contribution in [0.1, 0.15) is 17.3 Å². The van der Waals surface area contributed by atoms with Crippen LogP contribution in [0.2, 0.25) is 0 Å². The Kier molecular flexibility index (Phi) is 7.24. The lowest BCUT2D eigenvalue weighted by Gasteiger charge is -2.27. The van der Waals surface area contributed by atoms with E-state index in [2.05, 4.69) is 19.8 Å². The standard InChI is InChI=1S/C20H22N2O7/c1-11(15(18(24)27-2)19(25)28-3)16(20(26)29-4)22-17(23)13-9-12-7-5-6-8-14(12)21-10-13/h5-11,15-16H,1-4H3,(H,22,23)/t11-,16+/m1/s1. The van der Waals surface area contributed by atoms with Gasteiger partial charge in [-0.1, -0.05) is 25.1 Å². The number of carbonyl (C=O) groups excluding carboxylic acids is 4. The molecule has 0 radical (unpaired) electrons. The van der Waals surface area contributed by atoms with Crippen LogP contribution in [0.25, 0.3) is 10.9 Å². The topological polar surface area (TPSA) is 121 Å². The van der Waals surface area contributed by atoms with Crippen molar-refractivity contribution in [1.29, 1.82) is 0 Å². The van der Waals surface area contributed by atoms with Gasteiger partial charge in [-0.15, -0.1) is 0 Å². The van der Waals surface area contributed by atoms with Gasteiger partial charge < -0.3 is 19.5 Å². The van der Waals surface area contributed by atoms with Crippen molar-refractivity contribution >= 4 is 34.7 Å². The van der Waals surface area contributed by atoms with E-state index in [0.29, 0.717) is 5.52 Å². The zero-order chi connectivity index (χ0) is 21.6. The average molecular weight is 402 g/mol. The number of benzene rings is 1. The normalized spacial score (nSPS) is 12.7. The number of carbonyl (C=O) groups is 4. The van der Waals surface area contributed by atoms with Crippen LogP contribution in [0.15, 0.2) is 36.5 Å². The van der Waals surface area contributed by atoms with E-state index in [0.717, 1.165) is 26.7 Å². The number of amides is 1. The van der Waals surface area contributed by atoms with E-state index in [1.54, 1.807) is 18.2 Å². The maximum absolute atomic E-state index is 12.7. The van der Waals surface area contributed by atoms with Crippen molar-refractivity contribution in [2.45, 2.75) is 13.0 Å². The number of pyridine rings is 1. The summed E-state index contributed by atoms with van der Waals surface area (Å²) >= 11 is 0. The summed E-state index contributed by atoms with van der Waals surface area (Å²) in [6.07, 6.45) is 1.37. The number of fused-ring (bicyclic) bond motifs is 1. The van der Waals surface area contributed by atoms with Crippen LogP contribution >= 0.6 is 0 Å². The Labute approximate surface area is 167 Å². The molecule has 9 heteroatoms. The quantitative estimate of drug-likeness (QED) is 0.415. The molecule has 29 heavy (non-hydrogen) atoms. The van der Waals surface area contributed by atoms with Crippen molar-refractivity contribution in [2.24, 2.45) is 11.8 Å². The number of methoxy groups -OCH3 is 3. The van der Waals surface area contributed by atoms with Crippen molar-refractivity contribution in [2.75, 3.05) is 21.3 Å². The van der Waals surface area contributed by atoms with Gasteiger partial charge in [-0.05, 0) is 12.1 Å². The predicted octanol–water partition coefficient (Wildman–Crippen LogP) is 1.10. The van der Waals surface area contributed by atoms with Crippen molar-refractivity contribution in [3.63, 3.8) is 0 Å². The number of nitrogens with one attached hydrogen (secondary N) is 1. The molecule has 0 spiro atoms. The van der Waals surface area contributed by atoms with Gasteiger partial charge in [0.2, 0.25) is 0 Å². The summed E-state index contributed by atoms with van der Waals surface area (Å²) in [6.45, 7) is 1.44. The Bertz CT molecular complexity index is 912. The Morgan fingerprint density at radius 1 is 0.931 bits per heavy atom. The molecule has 2 atom stereocenters. The summed E-state index contributed by atoms with van der Waals surface area (Å²) in [4.78, 5) is 53.4. The molecule has 0 aliphatic heterocycles. The zero-order valence-corrected chi connectivity index (χ0v) is 16.5. The van der Waals surface area contributed by atoms with Gasteiger partial charge in [0.15, 0.2) is 5.92 Å². The van der Waals surface area contributed by atoms with Gasteiger partial charge in [-0.3, -0.25) is 19.4 Å². The molecule has 1 amide bonds. The van der Waals surface area contributed by atoms with Crippen LogP contribution in [-0.4, -0.2) is 56.2 Å². The number of hydrogen-bond donors (Lipinski definition) is 1. The lowest BCUT2D eigenvalue weighted by Crippen LogP contribution is -2.51. The van der Waals surface area contributed by atoms with Gasteiger partial charge in [0.05, 0.1) is 32.4 Å². The number of nitrogens with zero attached hydrogens (tertiary/aromatic N) is 1. The van der Waals surface area contributed by atoms with Crippen LogP contribution in [-0.2, 0) is 28.6 Å². The van der Waals surface area contributed by atoms with Crippen LogP contribution in [0.5, 0.6) is 0 Å². The monoisotopic (exact) mass is 402 g/mol. The Morgan fingerprint density at radius 3 is 2.10 bits per heavy atom. The van der Waals surface area contributed by atoms with Crippen molar-refractivity contribution in [3.05, 3.63) is 42.1 Å². The lowest BCUT2D eigenvalue weighted by atomic mass is 9.87. The van der Waals surface area contributed by atoms with E-state index in [4.69, 9.17) is 4.74 Å². The van der Waals surface area contributed by atoms with Gasteiger partial charge in [0.1, 0.15) is 6.04 Å². The van der Waals surface area contributed by atoms with Crippen LogP contribution < -0.4 is 5.32 Å². The highest BCUT2D eigenvalue weighted by molar-refractivity contribution is 6.00. The van der Waals surface area contributed by atoms with E-state index in [-0.39, 0.29) is 5.56 Å². The first-order valence-electron chi connectivity index (χ1n) is 8.73. The molecule has 1 aromatic heterocycles. The molecule has 2 rings (SSSR count). The number of para-hydroxylation sites is 1. The summed E-state index contributed by atoms with van der Waals surface area (Å²) < 4.78 is 14.0. The molecule has 0 bridgehead atoms. The van der Waals surface area contributed by atoms with Gasteiger partial charge in [0.25, 0.3) is 5.91 Å². The molecule has 0 unspecified atom stereocenters. The van der Waals surface area contributed by atoms with Gasteiger partial charge in [-0.25, -0.2) is 4.79 Å². The van der Waals surface area contributed by atoms with E-state index in [1.165, 1.54) is 13.1 Å². The molecule has 0 saturated carbocycles. The Morgan fingerprint density at radius 2 is 1.52 bits per heavy atom. The average Bonchev–Trinajstić information content (AvgIpc) is 2.75. The molecule has 0 aliphatic carbocycles. The second-order valence-electron chi connectivity index (χ2n) is 6.27. The lowest BCUT2D eigenvalue weighted by molar-refractivity contribution is -0.162. The SMILES string of the molecule is COC(=O)C(C(=O)OC)[C@@H](C)[C@H](NC(=O)c1cnc2ccccc2c1)C(=O)OC. The summed E-state index contributed by atoms with van der Waals surface area (Å²) in [5.41, 5.74) is 0.913. The van der Waals surface area contributed by atoms with E-state index in [1.807, 2.05) is 12.1 Å². The summed E-state index contributed by atoms with van der Waals surface area (Å²) in [6, 6.07) is 7.54. The third-order valence-corrected chi connectivity index (χ3v) is 4.56. The van der Waals surface area contributed by atoms with E-state index in [9.17, 15) is 19.2 Å². The minimum atomic E-state index is -1.43. The third-order valence-electron chi connectivity index (χ3n) is 4.56. The first kappa shape index (κ1) is 21.8. The summed E-state index contributed by atoms with van der Waals surface area (Å²) in [5.74, 6) is -5.64. The molecular formula is C20H22N2O7. The summed E-state index contributed by atoms with van der Waals surface area (Å²) in [7, 11) is 3.35. The maximum Gasteiger partial charge on any atom is 0.328 e. The highest BCUT2D eigenvalue weighted by atomic mass is 16.5. The van der Waals surface area contributed by atoms with Gasteiger partial charge in [-0.2, -0.15) is 0 Å². The van der Waals surface area contributed by atoms with Crippen molar-refractivity contribution in [3.8, 4) is 0 Å². The second kappa shape index (κ2) is 9.63. The minimum Gasteiger partial charge on any atom is -0.468 e. The molecule has 0 aliphatic rings. The van der Waals surface area contributed by atoms with Crippen LogP contribution in [0.4, 0.5) is 0 Å². The largest absolute Gasteiger partial charge is 0.468 e. The number of esters is 3. The number of rotatable bonds is 7. The zero-order valence-electron chi connectivity index (χ0n) is 16.5. The van der Waals surface area contributed by atoms with E-state index < -0.39 is 41.7 Å². The van der Waals surface area contributed by atoms with Gasteiger partial charge in [0, 0.05) is 17.5 Å². The molecule has 0 saturated heterocycles. The first-order valence-corrected chi connectivity index (χ1v) is 8.73. The van der Waals surface area contributed by atoms with Gasteiger partial charge >= 0.3 is 17.9 Å². The number of aromatic nitrogens is 1. The first-order chi connectivity index (χ1) is 13.8. The molecule has 1 N–H and O–H groups in total. The fourth-order valence-electron chi connectivity index (χ4n) is 2.92. The Balaban J connectivity index is 2.33. The summed E-state index contributed by atoms with van der Waals surface area (Å²) in [5, 5.41) is 3.26.